The molecule has 4 amide bonds. The molecule has 12 nitrogen and oxygen atoms in total. The Morgan fingerprint density at radius 3 is 1.71 bits per heavy atom. The molecule has 0 aromatic carbocycles. The first-order valence-electron chi connectivity index (χ1n) is 14.5. The van der Waals surface area contributed by atoms with Gasteiger partial charge in [0.15, 0.2) is 37.3 Å². The average Bonchev–Trinajstić information content (AvgIpc) is 2.79. The van der Waals surface area contributed by atoms with Crippen LogP contribution in [0.2, 0.25) is 58.9 Å². The van der Waals surface area contributed by atoms with Crippen molar-refractivity contribution >= 4 is 48.8 Å². The lowest BCUT2D eigenvalue weighted by Crippen LogP contribution is -2.67. The highest BCUT2D eigenvalue weighted by Gasteiger charge is 2.56. The van der Waals surface area contributed by atoms with Crippen molar-refractivity contribution in [3.63, 3.8) is 0 Å². The summed E-state index contributed by atoms with van der Waals surface area (Å²) < 4.78 is 38.1. The Morgan fingerprint density at radius 1 is 0.833 bits per heavy atom. The number of ether oxygens (including phenoxy) is 3. The summed E-state index contributed by atoms with van der Waals surface area (Å²) in [5.74, 6) is -1.88. The van der Waals surface area contributed by atoms with E-state index in [1.165, 1.54) is 7.11 Å². The van der Waals surface area contributed by atoms with Gasteiger partial charge in [0.2, 0.25) is 11.8 Å². The van der Waals surface area contributed by atoms with Crippen LogP contribution in [0.4, 0.5) is 4.79 Å². The van der Waals surface area contributed by atoms with E-state index in [1.54, 1.807) is 6.92 Å². The van der Waals surface area contributed by atoms with Crippen LogP contribution in [0, 0.1) is 5.41 Å². The fourth-order valence-electron chi connectivity index (χ4n) is 5.02. The minimum absolute atomic E-state index is 0.115. The van der Waals surface area contributed by atoms with Crippen LogP contribution in [0.25, 0.3) is 0 Å². The quantitative estimate of drug-likeness (QED) is 0.171. The molecule has 2 rings (SSSR count). The van der Waals surface area contributed by atoms with Crippen molar-refractivity contribution in [2.24, 2.45) is 5.41 Å². The van der Waals surface area contributed by atoms with Gasteiger partial charge < -0.3 is 27.5 Å². The fourth-order valence-corrected chi connectivity index (χ4v) is 8.24. The first-order chi connectivity index (χ1) is 18.9. The minimum atomic E-state index is -2.24. The van der Waals surface area contributed by atoms with Gasteiger partial charge in [0.1, 0.15) is 23.7 Å². The summed E-state index contributed by atoms with van der Waals surface area (Å²) in [6, 6.07) is -0.830. The highest BCUT2D eigenvalue weighted by molar-refractivity contribution is 6.70. The number of carbonyl (C=O) groups excluding carboxylic acids is 4. The second kappa shape index (κ2) is 13.3. The SMILES string of the molecule is CCC1(CCC(C)(C)OC2OC(C(=O)OC)C(O[Si](C)(C)C)C(O[Si](C)(C)C)C2O[Si](C)(C)C)C(=O)NC(=O)NC1=O. The van der Waals surface area contributed by atoms with Crippen LogP contribution in [0.1, 0.15) is 40.0 Å². The fraction of sp³-hybridized carbons (Fsp3) is 0.852. The lowest BCUT2D eigenvalue weighted by Gasteiger charge is -2.51. The zero-order valence-electron chi connectivity index (χ0n) is 27.6. The predicted octanol–water partition coefficient (Wildman–Crippen LogP) is 3.88. The van der Waals surface area contributed by atoms with Gasteiger partial charge in [-0.05, 0) is 92.0 Å². The Hall–Kier alpha value is -1.47. The molecule has 0 spiro atoms. The third-order valence-corrected chi connectivity index (χ3v) is 9.85. The van der Waals surface area contributed by atoms with Crippen molar-refractivity contribution in [1.82, 2.24) is 10.6 Å². The van der Waals surface area contributed by atoms with E-state index in [2.05, 4.69) is 30.3 Å². The average molecular weight is 649 g/mol. The molecule has 0 aliphatic carbocycles. The molecule has 0 bridgehead atoms. The molecule has 0 radical (unpaired) electrons. The van der Waals surface area contributed by atoms with Crippen LogP contribution in [0.15, 0.2) is 0 Å². The van der Waals surface area contributed by atoms with Gasteiger partial charge >= 0.3 is 12.0 Å². The van der Waals surface area contributed by atoms with Gasteiger partial charge in [0.25, 0.3) is 0 Å². The number of amides is 4. The summed E-state index contributed by atoms with van der Waals surface area (Å²) in [7, 11) is -5.38. The molecule has 0 saturated carbocycles. The lowest BCUT2D eigenvalue weighted by atomic mass is 9.75. The largest absolute Gasteiger partial charge is 0.467 e. The van der Waals surface area contributed by atoms with Crippen LogP contribution in [-0.2, 0) is 41.9 Å². The number of rotatable bonds is 13. The Balaban J connectivity index is 2.50. The molecule has 2 fully saturated rings. The molecular weight excluding hydrogens is 597 g/mol. The number of urea groups is 1. The van der Waals surface area contributed by atoms with E-state index < -0.39 is 90.5 Å². The first kappa shape index (κ1) is 36.7. The summed E-state index contributed by atoms with van der Waals surface area (Å²) >= 11 is 0. The normalized spacial score (nSPS) is 27.4. The van der Waals surface area contributed by atoms with E-state index in [9.17, 15) is 19.2 Å². The zero-order valence-corrected chi connectivity index (χ0v) is 30.6. The van der Waals surface area contributed by atoms with Crippen molar-refractivity contribution < 1.29 is 46.7 Å². The summed E-state index contributed by atoms with van der Waals surface area (Å²) in [5.41, 5.74) is -2.38. The van der Waals surface area contributed by atoms with Crippen LogP contribution in [0.5, 0.6) is 0 Å². The van der Waals surface area contributed by atoms with Gasteiger partial charge in [-0.3, -0.25) is 20.2 Å². The molecule has 15 heteroatoms. The second-order valence-corrected chi connectivity index (χ2v) is 28.0. The van der Waals surface area contributed by atoms with Crippen molar-refractivity contribution in [2.75, 3.05) is 7.11 Å². The molecule has 2 aliphatic heterocycles. The van der Waals surface area contributed by atoms with Gasteiger partial charge in [0.05, 0.1) is 12.7 Å². The van der Waals surface area contributed by atoms with Crippen LogP contribution in [0.3, 0.4) is 0 Å². The van der Waals surface area contributed by atoms with Crippen molar-refractivity contribution in [3.05, 3.63) is 0 Å². The summed E-state index contributed by atoms with van der Waals surface area (Å²) in [6.45, 7) is 23.8. The lowest BCUT2D eigenvalue weighted by molar-refractivity contribution is -0.309. The number of barbiturate groups is 1. The number of hydrogen-bond acceptors (Lipinski definition) is 10. The summed E-state index contributed by atoms with van der Waals surface area (Å²) in [4.78, 5) is 50.4. The van der Waals surface area contributed by atoms with Crippen LogP contribution < -0.4 is 10.6 Å². The third-order valence-electron chi connectivity index (χ3n) is 6.91. The van der Waals surface area contributed by atoms with Gasteiger partial charge in [-0.25, -0.2) is 9.59 Å². The number of hydrogen-bond donors (Lipinski definition) is 2. The molecule has 2 saturated heterocycles. The van der Waals surface area contributed by atoms with E-state index in [-0.39, 0.29) is 19.3 Å². The number of esters is 1. The Morgan fingerprint density at radius 2 is 1.29 bits per heavy atom. The molecule has 0 aromatic rings. The van der Waals surface area contributed by atoms with E-state index in [4.69, 9.17) is 27.5 Å². The third kappa shape index (κ3) is 9.77. The number of nitrogens with one attached hydrogen (secondary N) is 2. The van der Waals surface area contributed by atoms with E-state index >= 15 is 0 Å². The van der Waals surface area contributed by atoms with Crippen LogP contribution in [-0.4, -0.2) is 92.2 Å². The van der Waals surface area contributed by atoms with Gasteiger partial charge in [-0.2, -0.15) is 0 Å². The van der Waals surface area contributed by atoms with E-state index in [0.29, 0.717) is 0 Å². The van der Waals surface area contributed by atoms with E-state index in [0.717, 1.165) is 0 Å². The second-order valence-electron chi connectivity index (χ2n) is 14.6. The Labute approximate surface area is 253 Å². The van der Waals surface area contributed by atoms with Crippen molar-refractivity contribution in [2.45, 2.75) is 135 Å². The molecule has 2 aliphatic rings. The monoisotopic (exact) mass is 648 g/mol. The summed E-state index contributed by atoms with van der Waals surface area (Å²) in [6.07, 6.45) is -3.81. The molecular formula is C27H52N2O10Si3. The standard InChI is InChI=1S/C27H52N2O10Si3/c1-14-27(23(31)28-25(33)29-24(27)32)16-15-26(2,3)36-22-20(39-42(11,12)13)18(38-41(8,9)10)17(37-40(5,6)7)19(35-22)21(30)34-4/h17-20,22H,14-16H2,1-13H3,(H2,28,29,31,32,33). The molecule has 5 atom stereocenters. The molecule has 242 valence electrons. The maximum absolute atomic E-state index is 13.1. The zero-order chi connectivity index (χ0) is 32.5. The number of methoxy groups -OCH3 is 1. The molecule has 2 heterocycles. The van der Waals surface area contributed by atoms with Crippen LogP contribution >= 0.6 is 0 Å². The highest BCUT2D eigenvalue weighted by Crippen LogP contribution is 2.39. The first-order valence-corrected chi connectivity index (χ1v) is 24.8. The highest BCUT2D eigenvalue weighted by atomic mass is 28.4. The Kier molecular flexibility index (Phi) is 11.6. The molecule has 5 unspecified atom stereocenters. The van der Waals surface area contributed by atoms with Crippen molar-refractivity contribution in [3.8, 4) is 0 Å². The molecule has 0 aromatic heterocycles. The topological polar surface area (TPSA) is 148 Å². The van der Waals surface area contributed by atoms with E-state index in [1.807, 2.05) is 53.1 Å². The number of imide groups is 2. The Bertz CT molecular complexity index is 999. The minimum Gasteiger partial charge on any atom is -0.467 e. The van der Waals surface area contributed by atoms with Crippen molar-refractivity contribution in [1.29, 1.82) is 0 Å². The smallest absolute Gasteiger partial charge is 0.337 e. The molecule has 2 N–H and O–H groups in total. The number of carbonyl (C=O) groups is 4. The summed E-state index contributed by atoms with van der Waals surface area (Å²) in [5, 5.41) is 4.42. The maximum Gasteiger partial charge on any atom is 0.337 e. The predicted molar refractivity (Wildman–Crippen MR) is 164 cm³/mol. The maximum atomic E-state index is 13.1. The van der Waals surface area contributed by atoms with Gasteiger partial charge in [0, 0.05) is 0 Å². The van der Waals surface area contributed by atoms with Gasteiger partial charge in [-0.1, -0.05) is 6.92 Å². The molecule has 42 heavy (non-hydrogen) atoms. The van der Waals surface area contributed by atoms with Gasteiger partial charge in [-0.15, -0.1) is 0 Å².